The van der Waals surface area contributed by atoms with Gasteiger partial charge in [-0.25, -0.2) is 9.59 Å². The van der Waals surface area contributed by atoms with Gasteiger partial charge in [0, 0.05) is 6.61 Å². The maximum absolute atomic E-state index is 12.0. The minimum atomic E-state index is -0.562. The highest BCUT2D eigenvalue weighted by Gasteiger charge is 2.18. The highest BCUT2D eigenvalue weighted by Crippen LogP contribution is 2.17. The summed E-state index contributed by atoms with van der Waals surface area (Å²) in [6.45, 7) is 0.188. The van der Waals surface area contributed by atoms with E-state index in [1.54, 1.807) is 12.1 Å². The van der Waals surface area contributed by atoms with Crippen molar-refractivity contribution < 1.29 is 24.2 Å². The number of ether oxygens (including phenoxy) is 2. The van der Waals surface area contributed by atoms with Gasteiger partial charge in [0.15, 0.2) is 0 Å². The fourth-order valence-electron chi connectivity index (χ4n) is 2.83. The molecule has 0 heterocycles. The van der Waals surface area contributed by atoms with Crippen LogP contribution in [-0.4, -0.2) is 37.9 Å². The van der Waals surface area contributed by atoms with Gasteiger partial charge in [-0.3, -0.25) is 0 Å². The Morgan fingerprint density at radius 3 is 2.00 bits per heavy atom. The molecule has 0 fully saturated rings. The van der Waals surface area contributed by atoms with E-state index < -0.39 is 11.9 Å². The summed E-state index contributed by atoms with van der Waals surface area (Å²) in [6, 6.07) is 13.4. The van der Waals surface area contributed by atoms with Crippen LogP contribution in [0.3, 0.4) is 0 Å². The van der Waals surface area contributed by atoms with Crippen LogP contribution in [0.1, 0.15) is 43.8 Å². The van der Waals surface area contributed by atoms with E-state index in [1.807, 2.05) is 12.1 Å². The van der Waals surface area contributed by atoms with Crippen molar-refractivity contribution in [1.82, 2.24) is 0 Å². The van der Waals surface area contributed by atoms with Gasteiger partial charge in [-0.15, -0.1) is 0 Å². The molecule has 0 bridgehead atoms. The molecule has 0 radical (unpaired) electrons. The van der Waals surface area contributed by atoms with Crippen LogP contribution in [0.25, 0.3) is 0 Å². The molecule has 0 aliphatic rings. The maximum Gasteiger partial charge on any atom is 0.338 e. The van der Waals surface area contributed by atoms with E-state index in [1.165, 1.54) is 25.3 Å². The molecular weight excluding hydrogens is 332 g/mol. The molecule has 0 amide bonds. The number of carbonyl (C=O) groups is 2. The minimum absolute atomic E-state index is 0.188. The van der Waals surface area contributed by atoms with Crippen molar-refractivity contribution in [3.8, 4) is 0 Å². The van der Waals surface area contributed by atoms with Gasteiger partial charge in [-0.1, -0.05) is 30.3 Å². The van der Waals surface area contributed by atoms with E-state index in [4.69, 9.17) is 14.6 Å². The lowest BCUT2D eigenvalue weighted by Crippen LogP contribution is -2.12. The van der Waals surface area contributed by atoms with E-state index in [0.717, 1.165) is 31.2 Å². The third-order valence-electron chi connectivity index (χ3n) is 4.21. The Balaban J connectivity index is 2.14. The van der Waals surface area contributed by atoms with Crippen LogP contribution in [0, 0.1) is 0 Å². The number of aryl methyl sites for hydroxylation is 3. The second-order valence-electron chi connectivity index (χ2n) is 6.01. The van der Waals surface area contributed by atoms with Crippen molar-refractivity contribution in [1.29, 1.82) is 0 Å². The van der Waals surface area contributed by atoms with Crippen LogP contribution in [-0.2, 0) is 28.7 Å². The van der Waals surface area contributed by atoms with Gasteiger partial charge >= 0.3 is 11.9 Å². The predicted molar refractivity (Wildman–Crippen MR) is 98.4 cm³/mol. The standard InChI is InChI=1S/C21H24O5/c1-25-20(23)18-11-10-17(14-19(18)21(24)26-2)9-8-16-6-3-5-15(13-16)7-4-12-22/h3,5-6,10-11,13-14,22H,4,7-9,12H2,1-2H3. The molecule has 0 aromatic heterocycles. The van der Waals surface area contributed by atoms with Crippen LogP contribution in [0.5, 0.6) is 0 Å². The highest BCUT2D eigenvalue weighted by atomic mass is 16.5. The molecule has 0 saturated carbocycles. The normalized spacial score (nSPS) is 10.4. The summed E-state index contributed by atoms with van der Waals surface area (Å²) in [7, 11) is 2.56. The number of esters is 2. The van der Waals surface area contributed by atoms with Crippen molar-refractivity contribution in [2.45, 2.75) is 25.7 Å². The molecule has 0 spiro atoms. The third kappa shape index (κ3) is 5.17. The average molecular weight is 356 g/mol. The molecule has 2 rings (SSSR count). The lowest BCUT2D eigenvalue weighted by atomic mass is 9.98. The molecule has 0 atom stereocenters. The fourth-order valence-corrected chi connectivity index (χ4v) is 2.83. The van der Waals surface area contributed by atoms with E-state index >= 15 is 0 Å². The van der Waals surface area contributed by atoms with Crippen LogP contribution in [0.4, 0.5) is 0 Å². The summed E-state index contributed by atoms with van der Waals surface area (Å²) in [5.41, 5.74) is 3.76. The molecule has 1 N–H and O–H groups in total. The third-order valence-corrected chi connectivity index (χ3v) is 4.21. The molecule has 2 aromatic carbocycles. The Morgan fingerprint density at radius 1 is 0.808 bits per heavy atom. The van der Waals surface area contributed by atoms with E-state index in [-0.39, 0.29) is 17.7 Å². The summed E-state index contributed by atoms with van der Waals surface area (Å²) < 4.78 is 9.50. The number of benzene rings is 2. The number of aliphatic hydroxyl groups is 1. The molecule has 0 aliphatic carbocycles. The number of hydrogen-bond acceptors (Lipinski definition) is 5. The zero-order valence-corrected chi connectivity index (χ0v) is 15.2. The van der Waals surface area contributed by atoms with Crippen LogP contribution in [0.2, 0.25) is 0 Å². The van der Waals surface area contributed by atoms with Crippen molar-refractivity contribution in [2.75, 3.05) is 20.8 Å². The smallest absolute Gasteiger partial charge is 0.338 e. The van der Waals surface area contributed by atoms with Crippen LogP contribution < -0.4 is 0 Å². The average Bonchev–Trinajstić information content (AvgIpc) is 2.69. The van der Waals surface area contributed by atoms with Crippen molar-refractivity contribution in [3.63, 3.8) is 0 Å². The highest BCUT2D eigenvalue weighted by molar-refractivity contribution is 6.03. The second kappa shape index (κ2) is 9.73. The zero-order chi connectivity index (χ0) is 18.9. The summed E-state index contributed by atoms with van der Waals surface area (Å²) >= 11 is 0. The molecule has 5 nitrogen and oxygen atoms in total. The first-order valence-corrected chi connectivity index (χ1v) is 8.57. The van der Waals surface area contributed by atoms with Crippen LogP contribution >= 0.6 is 0 Å². The van der Waals surface area contributed by atoms with Gasteiger partial charge in [0.1, 0.15) is 0 Å². The van der Waals surface area contributed by atoms with Crippen LogP contribution in [0.15, 0.2) is 42.5 Å². The Hall–Kier alpha value is -2.66. The largest absolute Gasteiger partial charge is 0.465 e. The van der Waals surface area contributed by atoms with Gasteiger partial charge in [0.2, 0.25) is 0 Å². The molecule has 26 heavy (non-hydrogen) atoms. The number of aliphatic hydroxyl groups excluding tert-OH is 1. The first-order valence-electron chi connectivity index (χ1n) is 8.57. The maximum atomic E-state index is 12.0. The number of methoxy groups -OCH3 is 2. The molecular formula is C21H24O5. The molecule has 0 aliphatic heterocycles. The van der Waals surface area contributed by atoms with Gasteiger partial charge in [-0.05, 0) is 54.5 Å². The van der Waals surface area contributed by atoms with Crippen molar-refractivity contribution in [2.24, 2.45) is 0 Å². The number of carbonyl (C=O) groups excluding carboxylic acids is 2. The lowest BCUT2D eigenvalue weighted by molar-refractivity contribution is 0.0555. The van der Waals surface area contributed by atoms with Crippen molar-refractivity contribution >= 4 is 11.9 Å². The molecule has 0 saturated heterocycles. The lowest BCUT2D eigenvalue weighted by Gasteiger charge is -2.10. The Morgan fingerprint density at radius 2 is 1.38 bits per heavy atom. The fraction of sp³-hybridized carbons (Fsp3) is 0.333. The van der Waals surface area contributed by atoms with Gasteiger partial charge in [0.05, 0.1) is 25.3 Å². The van der Waals surface area contributed by atoms with Gasteiger partial charge < -0.3 is 14.6 Å². The van der Waals surface area contributed by atoms with Gasteiger partial charge in [-0.2, -0.15) is 0 Å². The Labute approximate surface area is 153 Å². The van der Waals surface area contributed by atoms with E-state index in [0.29, 0.717) is 0 Å². The number of rotatable bonds is 8. The Bertz CT molecular complexity index is 767. The summed E-state index contributed by atoms with van der Waals surface area (Å²) in [5, 5.41) is 8.95. The summed E-state index contributed by atoms with van der Waals surface area (Å²) in [4.78, 5) is 23.8. The first-order chi connectivity index (χ1) is 12.6. The van der Waals surface area contributed by atoms with E-state index in [2.05, 4.69) is 18.2 Å². The number of hydrogen-bond donors (Lipinski definition) is 1. The molecule has 0 unspecified atom stereocenters. The minimum Gasteiger partial charge on any atom is -0.465 e. The second-order valence-corrected chi connectivity index (χ2v) is 6.01. The van der Waals surface area contributed by atoms with Gasteiger partial charge in [0.25, 0.3) is 0 Å². The monoisotopic (exact) mass is 356 g/mol. The first kappa shape index (κ1) is 19.7. The van der Waals surface area contributed by atoms with Crippen molar-refractivity contribution in [3.05, 3.63) is 70.3 Å². The quantitative estimate of drug-likeness (QED) is 0.736. The molecule has 2 aromatic rings. The zero-order valence-electron chi connectivity index (χ0n) is 15.2. The van der Waals surface area contributed by atoms with E-state index in [9.17, 15) is 9.59 Å². The topological polar surface area (TPSA) is 72.8 Å². The summed E-state index contributed by atoms with van der Waals surface area (Å²) in [6.07, 6.45) is 3.14. The predicted octanol–water partition coefficient (Wildman–Crippen LogP) is 2.97. The SMILES string of the molecule is COC(=O)c1ccc(CCc2cccc(CCCO)c2)cc1C(=O)OC. The Kier molecular flexibility index (Phi) is 7.36. The molecule has 5 heteroatoms. The molecule has 138 valence electrons. The summed E-state index contributed by atoms with van der Waals surface area (Å²) in [5.74, 6) is -1.12.